The first-order valence-corrected chi connectivity index (χ1v) is 7.10. The summed E-state index contributed by atoms with van der Waals surface area (Å²) in [5.74, 6) is 1.63. The minimum atomic E-state index is -0.247. The number of carbonyl (C=O) groups excluding carboxylic acids is 1. The van der Waals surface area contributed by atoms with E-state index < -0.39 is 0 Å². The zero-order valence-electron chi connectivity index (χ0n) is 10.3. The molecule has 2 N–H and O–H groups in total. The van der Waals surface area contributed by atoms with Gasteiger partial charge in [-0.05, 0) is 25.1 Å². The lowest BCUT2D eigenvalue weighted by atomic mass is 10.1. The summed E-state index contributed by atoms with van der Waals surface area (Å²) in [6.07, 6.45) is 0. The van der Waals surface area contributed by atoms with Crippen LogP contribution in [0, 0.1) is 0 Å². The van der Waals surface area contributed by atoms with Crippen LogP contribution in [0.5, 0.6) is 11.5 Å². The number of phenolic OH excluding ortho intramolecular Hbond substituents is 2. The van der Waals surface area contributed by atoms with Crippen LogP contribution >= 0.6 is 11.8 Å². The van der Waals surface area contributed by atoms with Gasteiger partial charge in [-0.2, -0.15) is 11.8 Å². The Labute approximate surface area is 111 Å². The van der Waals surface area contributed by atoms with Gasteiger partial charge in [0, 0.05) is 29.7 Å². The van der Waals surface area contributed by atoms with Crippen LogP contribution in [-0.4, -0.2) is 51.5 Å². The topological polar surface area (TPSA) is 60.8 Å². The lowest BCUT2D eigenvalue weighted by Gasteiger charge is -2.32. The highest BCUT2D eigenvalue weighted by Crippen LogP contribution is 2.25. The Morgan fingerprint density at radius 2 is 2.22 bits per heavy atom. The van der Waals surface area contributed by atoms with Gasteiger partial charge in [-0.15, -0.1) is 0 Å². The Morgan fingerprint density at radius 1 is 1.44 bits per heavy atom. The summed E-state index contributed by atoms with van der Waals surface area (Å²) in [6, 6.07) is 4.61. The molecule has 0 spiro atoms. The number of thioether (sulfide) groups is 1. The fourth-order valence-corrected chi connectivity index (χ4v) is 3.05. The fourth-order valence-electron chi connectivity index (χ4n) is 1.97. The Hall–Kier alpha value is -1.20. The number of carbonyl (C=O) groups is 1. The van der Waals surface area contributed by atoms with E-state index in [2.05, 4.69) is 11.8 Å². The number of hydrogen-bond acceptors (Lipinski definition) is 5. The van der Waals surface area contributed by atoms with Crippen molar-refractivity contribution in [2.75, 3.05) is 24.6 Å². The molecule has 18 heavy (non-hydrogen) atoms. The highest BCUT2D eigenvalue weighted by molar-refractivity contribution is 7.99. The van der Waals surface area contributed by atoms with Gasteiger partial charge in [0.05, 0.1) is 6.54 Å². The van der Waals surface area contributed by atoms with E-state index in [0.29, 0.717) is 18.2 Å². The standard InChI is InChI=1S/C13H17NO3S/c1-9-8-18-5-4-14(9)7-13(17)10-2-3-11(15)12(16)6-10/h2-3,6,9,15-16H,4-5,7-8H2,1H3. The number of ketones is 1. The van der Waals surface area contributed by atoms with Crippen molar-refractivity contribution < 1.29 is 15.0 Å². The van der Waals surface area contributed by atoms with Gasteiger partial charge in [-0.3, -0.25) is 9.69 Å². The molecule has 1 aromatic carbocycles. The predicted octanol–water partition coefficient (Wildman–Crippen LogP) is 1.72. The third kappa shape index (κ3) is 2.97. The van der Waals surface area contributed by atoms with Crippen LogP contribution in [0.1, 0.15) is 17.3 Å². The van der Waals surface area contributed by atoms with Crippen molar-refractivity contribution in [1.82, 2.24) is 4.90 Å². The summed E-state index contributed by atoms with van der Waals surface area (Å²) in [5.41, 5.74) is 0.440. The zero-order chi connectivity index (χ0) is 13.1. The minimum absolute atomic E-state index is 0.0240. The Morgan fingerprint density at radius 3 is 2.89 bits per heavy atom. The highest BCUT2D eigenvalue weighted by Gasteiger charge is 2.21. The van der Waals surface area contributed by atoms with E-state index in [9.17, 15) is 15.0 Å². The van der Waals surface area contributed by atoms with Gasteiger partial charge >= 0.3 is 0 Å². The van der Waals surface area contributed by atoms with Crippen molar-refractivity contribution in [3.05, 3.63) is 23.8 Å². The lowest BCUT2D eigenvalue weighted by molar-refractivity contribution is 0.0910. The van der Waals surface area contributed by atoms with Crippen LogP contribution in [0.15, 0.2) is 18.2 Å². The molecule has 0 amide bonds. The van der Waals surface area contributed by atoms with Crippen LogP contribution in [0.25, 0.3) is 0 Å². The van der Waals surface area contributed by atoms with Crippen LogP contribution in [0.3, 0.4) is 0 Å². The van der Waals surface area contributed by atoms with E-state index in [1.54, 1.807) is 6.07 Å². The second-order valence-corrected chi connectivity index (χ2v) is 5.67. The third-order valence-corrected chi connectivity index (χ3v) is 4.34. The van der Waals surface area contributed by atoms with Gasteiger partial charge in [0.15, 0.2) is 17.3 Å². The molecule has 1 fully saturated rings. The van der Waals surface area contributed by atoms with E-state index in [1.807, 2.05) is 11.8 Å². The summed E-state index contributed by atoms with van der Waals surface area (Å²) in [6.45, 7) is 3.40. The third-order valence-electron chi connectivity index (χ3n) is 3.15. The van der Waals surface area contributed by atoms with Crippen molar-refractivity contribution in [3.63, 3.8) is 0 Å². The van der Waals surface area contributed by atoms with E-state index in [0.717, 1.165) is 18.1 Å². The molecule has 1 heterocycles. The molecular weight excluding hydrogens is 250 g/mol. The molecule has 98 valence electrons. The number of nitrogens with zero attached hydrogens (tertiary/aromatic N) is 1. The molecule has 1 aliphatic rings. The predicted molar refractivity (Wildman–Crippen MR) is 72.5 cm³/mol. The van der Waals surface area contributed by atoms with Gasteiger partial charge < -0.3 is 10.2 Å². The number of benzene rings is 1. The molecule has 0 aromatic heterocycles. The first-order chi connectivity index (χ1) is 8.58. The summed E-state index contributed by atoms with van der Waals surface area (Å²) in [5, 5.41) is 18.6. The Kier molecular flexibility index (Phi) is 4.14. The SMILES string of the molecule is CC1CSCCN1CC(=O)c1ccc(O)c(O)c1. The molecular formula is C13H17NO3S. The molecule has 1 saturated heterocycles. The maximum Gasteiger partial charge on any atom is 0.176 e. The highest BCUT2D eigenvalue weighted by atomic mass is 32.2. The van der Waals surface area contributed by atoms with Crippen LogP contribution in [0.2, 0.25) is 0 Å². The molecule has 1 aromatic rings. The first-order valence-electron chi connectivity index (χ1n) is 5.95. The monoisotopic (exact) mass is 267 g/mol. The molecule has 0 aliphatic carbocycles. The second kappa shape index (κ2) is 5.63. The summed E-state index contributed by atoms with van der Waals surface area (Å²) in [4.78, 5) is 14.2. The van der Waals surface area contributed by atoms with Crippen molar-refractivity contribution in [1.29, 1.82) is 0 Å². The maximum absolute atomic E-state index is 12.1. The molecule has 0 radical (unpaired) electrons. The van der Waals surface area contributed by atoms with E-state index in [1.165, 1.54) is 12.1 Å². The molecule has 2 rings (SSSR count). The van der Waals surface area contributed by atoms with Crippen LogP contribution in [0.4, 0.5) is 0 Å². The second-order valence-electron chi connectivity index (χ2n) is 4.52. The molecule has 0 saturated carbocycles. The normalized spacial score (nSPS) is 20.8. The average molecular weight is 267 g/mol. The maximum atomic E-state index is 12.1. The fraction of sp³-hybridized carbons (Fsp3) is 0.462. The van der Waals surface area contributed by atoms with Crippen molar-refractivity contribution in [3.8, 4) is 11.5 Å². The van der Waals surface area contributed by atoms with Gasteiger partial charge in [0.25, 0.3) is 0 Å². The van der Waals surface area contributed by atoms with E-state index >= 15 is 0 Å². The van der Waals surface area contributed by atoms with Crippen molar-refractivity contribution in [2.45, 2.75) is 13.0 Å². The number of phenols is 2. The molecule has 1 atom stereocenters. The molecule has 5 heteroatoms. The molecule has 0 bridgehead atoms. The largest absolute Gasteiger partial charge is 0.504 e. The minimum Gasteiger partial charge on any atom is -0.504 e. The Bertz CT molecular complexity index is 450. The van der Waals surface area contributed by atoms with Crippen molar-refractivity contribution >= 4 is 17.5 Å². The zero-order valence-corrected chi connectivity index (χ0v) is 11.1. The van der Waals surface area contributed by atoms with E-state index in [-0.39, 0.29) is 17.3 Å². The number of rotatable bonds is 3. The number of Topliss-reactive ketones (excluding diaryl/α,β-unsaturated/α-hetero) is 1. The Balaban J connectivity index is 2.04. The van der Waals surface area contributed by atoms with Gasteiger partial charge in [-0.25, -0.2) is 0 Å². The quantitative estimate of drug-likeness (QED) is 0.645. The molecule has 4 nitrogen and oxygen atoms in total. The van der Waals surface area contributed by atoms with Gasteiger partial charge in [0.2, 0.25) is 0 Å². The molecule has 1 unspecified atom stereocenters. The average Bonchev–Trinajstić information content (AvgIpc) is 2.35. The number of aromatic hydroxyl groups is 2. The summed E-state index contributed by atoms with van der Waals surface area (Å²) >= 11 is 1.91. The smallest absolute Gasteiger partial charge is 0.176 e. The van der Waals surface area contributed by atoms with Crippen molar-refractivity contribution in [2.24, 2.45) is 0 Å². The van der Waals surface area contributed by atoms with E-state index in [4.69, 9.17) is 0 Å². The summed E-state index contributed by atoms with van der Waals surface area (Å²) < 4.78 is 0. The van der Waals surface area contributed by atoms with Gasteiger partial charge in [-0.1, -0.05) is 0 Å². The lowest BCUT2D eigenvalue weighted by Crippen LogP contribution is -2.43. The molecule has 1 aliphatic heterocycles. The number of hydrogen-bond donors (Lipinski definition) is 2. The first kappa shape index (κ1) is 13.2. The van der Waals surface area contributed by atoms with Crippen LogP contribution in [-0.2, 0) is 0 Å². The van der Waals surface area contributed by atoms with Crippen LogP contribution < -0.4 is 0 Å². The van der Waals surface area contributed by atoms with Gasteiger partial charge in [0.1, 0.15) is 0 Å². The summed E-state index contributed by atoms with van der Waals surface area (Å²) in [7, 11) is 0.